The van der Waals surface area contributed by atoms with Crippen LogP contribution in [0.3, 0.4) is 0 Å². The van der Waals surface area contributed by atoms with Crippen molar-refractivity contribution in [2.24, 2.45) is 16.1 Å². The number of carbonyl (C=O) groups is 1. The lowest BCUT2D eigenvalue weighted by molar-refractivity contribution is 0.0972. The number of guanidine groups is 1. The molecule has 1 saturated heterocycles. The number of primary amides is 1. The number of likely N-dealkylation sites (tertiary alicyclic amines) is 1. The predicted octanol–water partition coefficient (Wildman–Crippen LogP) is 2.73. The first kappa shape index (κ1) is 19.1. The van der Waals surface area contributed by atoms with Crippen molar-refractivity contribution < 1.29 is 9.21 Å². The Morgan fingerprint density at radius 1 is 1.33 bits per heavy atom. The first-order chi connectivity index (χ1) is 11.1. The number of amides is 1. The number of hydrogen-bond donors (Lipinski definition) is 2. The Balaban J connectivity index is 0.00000208. The molecule has 2 fully saturated rings. The maximum Gasteiger partial charge on any atom is 0.284 e. The first-order valence-electron chi connectivity index (χ1n) is 8.46. The highest BCUT2D eigenvalue weighted by Crippen LogP contribution is 2.43. The van der Waals surface area contributed by atoms with Gasteiger partial charge in [-0.2, -0.15) is 0 Å². The second-order valence-electron chi connectivity index (χ2n) is 6.76. The zero-order valence-corrected chi connectivity index (χ0v) is 16.5. The first-order valence-corrected chi connectivity index (χ1v) is 8.46. The lowest BCUT2D eigenvalue weighted by atomic mass is 9.73. The summed E-state index contributed by atoms with van der Waals surface area (Å²) >= 11 is 0. The third-order valence-electron chi connectivity index (χ3n) is 5.19. The molecule has 3 rings (SSSR count). The van der Waals surface area contributed by atoms with Gasteiger partial charge in [-0.3, -0.25) is 9.79 Å². The zero-order chi connectivity index (χ0) is 16.3. The zero-order valence-electron chi connectivity index (χ0n) is 14.2. The summed E-state index contributed by atoms with van der Waals surface area (Å²) in [6.07, 6.45) is 8.07. The molecular formula is C17H27IN4O2. The molecule has 0 unspecified atom stereocenters. The van der Waals surface area contributed by atoms with E-state index >= 15 is 0 Å². The summed E-state index contributed by atoms with van der Waals surface area (Å²) in [6.45, 7) is 2.66. The van der Waals surface area contributed by atoms with Crippen molar-refractivity contribution in [3.8, 4) is 0 Å². The smallest absolute Gasteiger partial charge is 0.284 e. The summed E-state index contributed by atoms with van der Waals surface area (Å²) in [5.74, 6) is 1.24. The molecule has 1 aromatic rings. The van der Waals surface area contributed by atoms with Gasteiger partial charge in [-0.05, 0) is 36.8 Å². The SMILES string of the molecule is CN=C(NCc1ccc(C(N)=O)o1)N1CCC2(CCCCC2)C1.I. The molecule has 1 spiro atoms. The molecule has 7 heteroatoms. The number of carbonyl (C=O) groups excluding carboxylic acids is 1. The molecule has 134 valence electrons. The van der Waals surface area contributed by atoms with Gasteiger partial charge in [-0.1, -0.05) is 19.3 Å². The summed E-state index contributed by atoms with van der Waals surface area (Å²) < 4.78 is 5.40. The van der Waals surface area contributed by atoms with Crippen molar-refractivity contribution in [1.82, 2.24) is 10.2 Å². The van der Waals surface area contributed by atoms with E-state index < -0.39 is 5.91 Å². The summed E-state index contributed by atoms with van der Waals surface area (Å²) in [7, 11) is 1.81. The number of nitrogens with one attached hydrogen (secondary N) is 1. The summed E-state index contributed by atoms with van der Waals surface area (Å²) in [6, 6.07) is 3.38. The summed E-state index contributed by atoms with van der Waals surface area (Å²) in [5, 5.41) is 3.33. The second kappa shape index (κ2) is 8.22. The Morgan fingerprint density at radius 2 is 2.08 bits per heavy atom. The molecule has 1 aromatic heterocycles. The molecule has 0 radical (unpaired) electrons. The van der Waals surface area contributed by atoms with Crippen LogP contribution in [0.25, 0.3) is 0 Å². The van der Waals surface area contributed by atoms with Gasteiger partial charge in [0.05, 0.1) is 6.54 Å². The van der Waals surface area contributed by atoms with Crippen LogP contribution in [-0.2, 0) is 6.54 Å². The topological polar surface area (TPSA) is 83.9 Å². The summed E-state index contributed by atoms with van der Waals surface area (Å²) in [4.78, 5) is 17.8. The maximum absolute atomic E-state index is 11.1. The molecule has 24 heavy (non-hydrogen) atoms. The van der Waals surface area contributed by atoms with E-state index in [1.165, 1.54) is 38.5 Å². The van der Waals surface area contributed by atoms with Gasteiger partial charge < -0.3 is 20.4 Å². The largest absolute Gasteiger partial charge is 0.454 e. The molecule has 1 aliphatic carbocycles. The van der Waals surface area contributed by atoms with Gasteiger partial charge in [0.2, 0.25) is 0 Å². The van der Waals surface area contributed by atoms with Crippen LogP contribution in [-0.4, -0.2) is 36.9 Å². The van der Waals surface area contributed by atoms with E-state index in [1.807, 2.05) is 7.05 Å². The second-order valence-corrected chi connectivity index (χ2v) is 6.76. The Labute approximate surface area is 160 Å². The van der Waals surface area contributed by atoms with E-state index in [9.17, 15) is 4.79 Å². The monoisotopic (exact) mass is 446 g/mol. The average molecular weight is 446 g/mol. The van der Waals surface area contributed by atoms with Gasteiger partial charge in [0, 0.05) is 20.1 Å². The van der Waals surface area contributed by atoms with Crippen molar-refractivity contribution >= 4 is 35.8 Å². The number of nitrogens with zero attached hydrogens (tertiary/aromatic N) is 2. The lowest BCUT2D eigenvalue weighted by Gasteiger charge is -2.33. The number of hydrogen-bond acceptors (Lipinski definition) is 3. The van der Waals surface area contributed by atoms with Gasteiger partial charge in [-0.25, -0.2) is 0 Å². The fourth-order valence-corrected chi connectivity index (χ4v) is 3.93. The molecule has 0 bridgehead atoms. The van der Waals surface area contributed by atoms with Crippen LogP contribution in [0.1, 0.15) is 54.8 Å². The van der Waals surface area contributed by atoms with Gasteiger partial charge in [0.25, 0.3) is 5.91 Å². The van der Waals surface area contributed by atoms with E-state index in [0.29, 0.717) is 17.7 Å². The molecular weight excluding hydrogens is 419 g/mol. The van der Waals surface area contributed by atoms with Crippen LogP contribution in [0.2, 0.25) is 0 Å². The number of halogens is 1. The van der Waals surface area contributed by atoms with Crippen molar-refractivity contribution in [3.63, 3.8) is 0 Å². The predicted molar refractivity (Wildman–Crippen MR) is 105 cm³/mol. The van der Waals surface area contributed by atoms with Crippen LogP contribution >= 0.6 is 24.0 Å². The van der Waals surface area contributed by atoms with Gasteiger partial charge in [0.15, 0.2) is 11.7 Å². The van der Waals surface area contributed by atoms with Gasteiger partial charge in [0.1, 0.15) is 5.76 Å². The number of furan rings is 1. The Kier molecular flexibility index (Phi) is 6.54. The quantitative estimate of drug-likeness (QED) is 0.425. The van der Waals surface area contributed by atoms with Crippen LogP contribution in [0, 0.1) is 5.41 Å². The Bertz CT molecular complexity index is 593. The third kappa shape index (κ3) is 4.23. The molecule has 2 heterocycles. The van der Waals surface area contributed by atoms with Crippen molar-refractivity contribution in [3.05, 3.63) is 23.7 Å². The highest BCUT2D eigenvalue weighted by Gasteiger charge is 2.39. The Hall–Kier alpha value is -1.25. The van der Waals surface area contributed by atoms with Crippen LogP contribution in [0.4, 0.5) is 0 Å². The van der Waals surface area contributed by atoms with E-state index in [2.05, 4.69) is 15.2 Å². The van der Waals surface area contributed by atoms with Gasteiger partial charge in [-0.15, -0.1) is 24.0 Å². The van der Waals surface area contributed by atoms with E-state index in [-0.39, 0.29) is 29.7 Å². The minimum Gasteiger partial charge on any atom is -0.454 e. The third-order valence-corrected chi connectivity index (χ3v) is 5.19. The average Bonchev–Trinajstić information content (AvgIpc) is 3.17. The fourth-order valence-electron chi connectivity index (χ4n) is 3.93. The minimum atomic E-state index is -0.542. The minimum absolute atomic E-state index is 0. The van der Waals surface area contributed by atoms with E-state index in [1.54, 1.807) is 12.1 Å². The number of nitrogens with two attached hydrogens (primary N) is 1. The molecule has 0 atom stereocenters. The lowest BCUT2D eigenvalue weighted by Crippen LogP contribution is -2.41. The van der Waals surface area contributed by atoms with Crippen molar-refractivity contribution in [2.45, 2.75) is 45.1 Å². The molecule has 1 aliphatic heterocycles. The maximum atomic E-state index is 11.1. The van der Waals surface area contributed by atoms with Crippen molar-refractivity contribution in [2.75, 3.05) is 20.1 Å². The number of aliphatic imine (C=N–C) groups is 1. The highest BCUT2D eigenvalue weighted by atomic mass is 127. The number of rotatable bonds is 3. The normalized spacial score (nSPS) is 20.0. The fraction of sp³-hybridized carbons (Fsp3) is 0.647. The van der Waals surface area contributed by atoms with Crippen LogP contribution < -0.4 is 11.1 Å². The molecule has 2 aliphatic rings. The van der Waals surface area contributed by atoms with Crippen LogP contribution in [0.5, 0.6) is 0 Å². The highest BCUT2D eigenvalue weighted by molar-refractivity contribution is 14.0. The van der Waals surface area contributed by atoms with Crippen LogP contribution in [0.15, 0.2) is 21.5 Å². The molecule has 1 amide bonds. The molecule has 1 saturated carbocycles. The van der Waals surface area contributed by atoms with E-state index in [0.717, 1.165) is 19.0 Å². The molecule has 3 N–H and O–H groups in total. The standard InChI is InChI=1S/C17H26N4O2.HI/c1-19-16(20-11-13-5-6-14(23-13)15(18)22)21-10-9-17(12-21)7-3-2-4-8-17;/h5-6H,2-4,7-12H2,1H3,(H2,18,22)(H,19,20);1H. The van der Waals surface area contributed by atoms with Gasteiger partial charge >= 0.3 is 0 Å². The molecule has 0 aromatic carbocycles. The summed E-state index contributed by atoms with van der Waals surface area (Å²) in [5.41, 5.74) is 5.70. The van der Waals surface area contributed by atoms with Crippen molar-refractivity contribution in [1.29, 1.82) is 0 Å². The molecule has 6 nitrogen and oxygen atoms in total. The van der Waals surface area contributed by atoms with E-state index in [4.69, 9.17) is 10.2 Å². The Morgan fingerprint density at radius 3 is 2.71 bits per heavy atom.